The number of nitrogens with zero attached hydrogens (tertiary/aromatic N) is 2. The van der Waals surface area contributed by atoms with Gasteiger partial charge in [0.15, 0.2) is 0 Å². The van der Waals surface area contributed by atoms with Gasteiger partial charge in [0.05, 0.1) is 11.4 Å². The molecule has 0 aromatic heterocycles. The molecule has 0 radical (unpaired) electrons. The summed E-state index contributed by atoms with van der Waals surface area (Å²) in [4.78, 5) is 29.5. The third-order valence-corrected chi connectivity index (χ3v) is 6.35. The lowest BCUT2D eigenvalue weighted by Gasteiger charge is -2.44. The average Bonchev–Trinajstić information content (AvgIpc) is 2.68. The Morgan fingerprint density at radius 2 is 1.93 bits per heavy atom. The van der Waals surface area contributed by atoms with Crippen LogP contribution in [0.5, 0.6) is 0 Å². The normalized spacial score (nSPS) is 24.9. The summed E-state index contributed by atoms with van der Waals surface area (Å²) >= 11 is 0. The van der Waals surface area contributed by atoms with E-state index in [-0.39, 0.29) is 11.8 Å². The SMILES string of the molecule is C[C@H]1CCCN(C(=O)CCN2CCC3(CC2)Nc2ccccc2NC3=O)C1. The molecule has 1 spiro atoms. The summed E-state index contributed by atoms with van der Waals surface area (Å²) in [6, 6.07) is 7.86. The van der Waals surface area contributed by atoms with Crippen molar-refractivity contribution in [3.63, 3.8) is 0 Å². The number of benzene rings is 1. The molecule has 1 aromatic carbocycles. The van der Waals surface area contributed by atoms with Gasteiger partial charge >= 0.3 is 0 Å². The minimum Gasteiger partial charge on any atom is -0.369 e. The highest BCUT2D eigenvalue weighted by atomic mass is 16.2. The first-order valence-corrected chi connectivity index (χ1v) is 10.2. The number of hydrogen-bond donors (Lipinski definition) is 2. The quantitative estimate of drug-likeness (QED) is 0.858. The van der Waals surface area contributed by atoms with Crippen molar-refractivity contribution in [3.8, 4) is 0 Å². The molecule has 2 saturated heterocycles. The number of hydrogen-bond acceptors (Lipinski definition) is 4. The van der Waals surface area contributed by atoms with Gasteiger partial charge in [-0.25, -0.2) is 0 Å². The third-order valence-electron chi connectivity index (χ3n) is 6.35. The van der Waals surface area contributed by atoms with Crippen LogP contribution in [0.25, 0.3) is 0 Å². The van der Waals surface area contributed by atoms with Gasteiger partial charge in [-0.05, 0) is 43.7 Å². The molecule has 146 valence electrons. The van der Waals surface area contributed by atoms with E-state index in [4.69, 9.17) is 0 Å². The van der Waals surface area contributed by atoms with Crippen LogP contribution >= 0.6 is 0 Å². The lowest BCUT2D eigenvalue weighted by atomic mass is 9.84. The second kappa shape index (κ2) is 7.50. The van der Waals surface area contributed by atoms with Crippen molar-refractivity contribution < 1.29 is 9.59 Å². The van der Waals surface area contributed by atoms with Crippen LogP contribution < -0.4 is 10.6 Å². The van der Waals surface area contributed by atoms with E-state index in [0.717, 1.165) is 63.4 Å². The fourth-order valence-electron chi connectivity index (χ4n) is 4.60. The molecule has 2 N–H and O–H groups in total. The zero-order valence-electron chi connectivity index (χ0n) is 16.2. The van der Waals surface area contributed by atoms with Gasteiger partial charge in [-0.1, -0.05) is 19.1 Å². The molecule has 2 fully saturated rings. The summed E-state index contributed by atoms with van der Waals surface area (Å²) < 4.78 is 0. The van der Waals surface area contributed by atoms with Gasteiger partial charge in [-0.3, -0.25) is 9.59 Å². The Balaban J connectivity index is 1.29. The lowest BCUT2D eigenvalue weighted by molar-refractivity contribution is -0.133. The van der Waals surface area contributed by atoms with E-state index in [1.165, 1.54) is 6.42 Å². The largest absolute Gasteiger partial charge is 0.369 e. The number of nitrogens with one attached hydrogen (secondary N) is 2. The van der Waals surface area contributed by atoms with E-state index in [2.05, 4.69) is 22.5 Å². The average molecular weight is 370 g/mol. The van der Waals surface area contributed by atoms with Crippen LogP contribution in [0.3, 0.4) is 0 Å². The minimum absolute atomic E-state index is 0.0687. The van der Waals surface area contributed by atoms with E-state index < -0.39 is 5.54 Å². The highest BCUT2D eigenvalue weighted by Gasteiger charge is 2.44. The predicted molar refractivity (Wildman–Crippen MR) is 107 cm³/mol. The van der Waals surface area contributed by atoms with Gasteiger partial charge in [-0.2, -0.15) is 0 Å². The highest BCUT2D eigenvalue weighted by molar-refractivity contribution is 6.06. The summed E-state index contributed by atoms with van der Waals surface area (Å²) in [7, 11) is 0. The summed E-state index contributed by atoms with van der Waals surface area (Å²) in [6.07, 6.45) is 4.48. The van der Waals surface area contributed by atoms with Gasteiger partial charge in [0, 0.05) is 39.1 Å². The number of para-hydroxylation sites is 2. The van der Waals surface area contributed by atoms with Crippen molar-refractivity contribution >= 4 is 23.2 Å². The number of amides is 2. The molecule has 0 bridgehead atoms. The van der Waals surface area contributed by atoms with Crippen molar-refractivity contribution in [3.05, 3.63) is 24.3 Å². The molecule has 0 saturated carbocycles. The first kappa shape index (κ1) is 18.3. The molecule has 4 rings (SSSR count). The third kappa shape index (κ3) is 3.81. The van der Waals surface area contributed by atoms with Crippen molar-refractivity contribution in [1.82, 2.24) is 9.80 Å². The number of anilines is 2. The van der Waals surface area contributed by atoms with Gasteiger partial charge < -0.3 is 20.4 Å². The van der Waals surface area contributed by atoms with Crippen molar-refractivity contribution in [1.29, 1.82) is 0 Å². The molecular weight excluding hydrogens is 340 g/mol. The maximum atomic E-state index is 12.7. The highest BCUT2D eigenvalue weighted by Crippen LogP contribution is 2.36. The smallest absolute Gasteiger partial charge is 0.250 e. The van der Waals surface area contributed by atoms with E-state index in [9.17, 15) is 9.59 Å². The Hall–Kier alpha value is -2.08. The Bertz CT molecular complexity index is 712. The van der Waals surface area contributed by atoms with Crippen molar-refractivity contribution in [2.45, 2.75) is 44.6 Å². The Morgan fingerprint density at radius 3 is 2.67 bits per heavy atom. The van der Waals surface area contributed by atoms with Gasteiger partial charge in [0.2, 0.25) is 11.8 Å². The maximum absolute atomic E-state index is 12.7. The lowest BCUT2D eigenvalue weighted by Crippen LogP contribution is -2.58. The maximum Gasteiger partial charge on any atom is 0.250 e. The Kier molecular flexibility index (Phi) is 5.08. The first-order valence-electron chi connectivity index (χ1n) is 10.2. The molecule has 6 heteroatoms. The van der Waals surface area contributed by atoms with E-state index in [1.54, 1.807) is 0 Å². The molecule has 3 aliphatic rings. The summed E-state index contributed by atoms with van der Waals surface area (Å²) in [5, 5.41) is 6.54. The monoisotopic (exact) mass is 370 g/mol. The topological polar surface area (TPSA) is 64.7 Å². The second-order valence-electron chi connectivity index (χ2n) is 8.39. The van der Waals surface area contributed by atoms with Gasteiger partial charge in [-0.15, -0.1) is 0 Å². The predicted octanol–water partition coefficient (Wildman–Crippen LogP) is 2.53. The van der Waals surface area contributed by atoms with Crippen LogP contribution in [0.2, 0.25) is 0 Å². The summed E-state index contributed by atoms with van der Waals surface area (Å²) in [5.41, 5.74) is 1.34. The Labute approximate surface area is 161 Å². The van der Waals surface area contributed by atoms with Gasteiger partial charge in [0.1, 0.15) is 5.54 Å². The number of carbonyl (C=O) groups is 2. The van der Waals surface area contributed by atoms with Crippen LogP contribution in [-0.2, 0) is 9.59 Å². The molecule has 1 atom stereocenters. The number of likely N-dealkylation sites (tertiary alicyclic amines) is 2. The molecule has 0 aliphatic carbocycles. The van der Waals surface area contributed by atoms with Gasteiger partial charge in [0.25, 0.3) is 0 Å². The molecule has 1 aromatic rings. The molecular formula is C21H30N4O2. The number of rotatable bonds is 3. The molecule has 3 aliphatic heterocycles. The van der Waals surface area contributed by atoms with E-state index in [1.807, 2.05) is 29.2 Å². The van der Waals surface area contributed by atoms with Crippen LogP contribution in [0, 0.1) is 5.92 Å². The standard InChI is InChI=1S/C21H30N4O2/c1-16-5-4-11-25(15-16)19(26)8-12-24-13-9-21(10-14-24)20(27)22-17-6-2-3-7-18(17)23-21/h2-3,6-7,16,23H,4-5,8-15H2,1H3,(H,22,27)/t16-/m0/s1. The fourth-order valence-corrected chi connectivity index (χ4v) is 4.60. The van der Waals surface area contributed by atoms with E-state index in [0.29, 0.717) is 12.3 Å². The molecule has 27 heavy (non-hydrogen) atoms. The Morgan fingerprint density at radius 1 is 1.19 bits per heavy atom. The van der Waals surface area contributed by atoms with Crippen LogP contribution in [0.15, 0.2) is 24.3 Å². The minimum atomic E-state index is -0.517. The zero-order valence-corrected chi connectivity index (χ0v) is 16.2. The molecule has 6 nitrogen and oxygen atoms in total. The van der Waals surface area contributed by atoms with E-state index >= 15 is 0 Å². The fraction of sp³-hybridized carbons (Fsp3) is 0.619. The second-order valence-corrected chi connectivity index (χ2v) is 8.39. The number of carbonyl (C=O) groups excluding carboxylic acids is 2. The molecule has 0 unspecified atom stereocenters. The zero-order chi connectivity index (χ0) is 18.9. The summed E-state index contributed by atoms with van der Waals surface area (Å²) in [5.74, 6) is 0.972. The van der Waals surface area contributed by atoms with Crippen molar-refractivity contribution in [2.24, 2.45) is 5.92 Å². The van der Waals surface area contributed by atoms with Crippen LogP contribution in [0.1, 0.15) is 39.0 Å². The van der Waals surface area contributed by atoms with Crippen LogP contribution in [-0.4, -0.2) is 59.9 Å². The first-order chi connectivity index (χ1) is 13.1. The number of fused-ring (bicyclic) bond motifs is 1. The summed E-state index contributed by atoms with van der Waals surface area (Å²) in [6.45, 7) is 6.52. The molecule has 2 amide bonds. The van der Waals surface area contributed by atoms with Crippen LogP contribution in [0.4, 0.5) is 11.4 Å². The number of piperidine rings is 2. The van der Waals surface area contributed by atoms with Crippen molar-refractivity contribution in [2.75, 3.05) is 43.4 Å². The molecule has 3 heterocycles.